The Hall–Kier alpha value is -0.650. The fourth-order valence-electron chi connectivity index (χ4n) is 3.31. The molecule has 2 rings (SSSR count). The lowest BCUT2D eigenvalue weighted by Gasteiger charge is -2.35. The van der Waals surface area contributed by atoms with E-state index < -0.39 is 0 Å². The summed E-state index contributed by atoms with van der Waals surface area (Å²) in [5, 5.41) is 6.27. The normalized spacial score (nSPS) is 25.9. The van der Waals surface area contributed by atoms with Crippen molar-refractivity contribution in [2.45, 2.75) is 51.2 Å². The highest BCUT2D eigenvalue weighted by Gasteiger charge is 2.27. The van der Waals surface area contributed by atoms with Gasteiger partial charge >= 0.3 is 0 Å². The molecule has 2 saturated heterocycles. The first-order valence-electron chi connectivity index (χ1n) is 8.48. The van der Waals surface area contributed by atoms with Gasteiger partial charge in [0, 0.05) is 13.2 Å². The van der Waals surface area contributed by atoms with Crippen molar-refractivity contribution >= 4 is 5.91 Å². The van der Waals surface area contributed by atoms with Crippen LogP contribution in [0.2, 0.25) is 0 Å². The molecule has 0 saturated carbocycles. The summed E-state index contributed by atoms with van der Waals surface area (Å²) < 4.78 is 5.55. The Kier molecular flexibility index (Phi) is 6.93. The minimum atomic E-state index is -0.0170. The molecular weight excluding hydrogens is 266 g/mol. The Balaban J connectivity index is 1.65. The quantitative estimate of drug-likeness (QED) is 0.736. The molecule has 1 amide bonds. The van der Waals surface area contributed by atoms with Gasteiger partial charge in [0.05, 0.1) is 12.1 Å². The van der Waals surface area contributed by atoms with Crippen molar-refractivity contribution in [3.63, 3.8) is 0 Å². The largest absolute Gasteiger partial charge is 0.376 e. The van der Waals surface area contributed by atoms with Crippen molar-refractivity contribution in [3.8, 4) is 0 Å². The number of hydrogen-bond donors (Lipinski definition) is 2. The van der Waals surface area contributed by atoms with E-state index in [0.29, 0.717) is 6.54 Å². The predicted octanol–water partition coefficient (Wildman–Crippen LogP) is 0.992. The van der Waals surface area contributed by atoms with Crippen LogP contribution in [0.4, 0.5) is 0 Å². The molecule has 0 bridgehead atoms. The van der Waals surface area contributed by atoms with E-state index in [1.54, 1.807) is 0 Å². The number of nitrogens with zero attached hydrogens (tertiary/aromatic N) is 1. The van der Waals surface area contributed by atoms with Crippen LogP contribution in [-0.4, -0.2) is 62.8 Å². The van der Waals surface area contributed by atoms with Gasteiger partial charge in [-0.3, -0.25) is 9.69 Å². The third kappa shape index (κ3) is 5.24. The molecule has 2 aliphatic rings. The monoisotopic (exact) mass is 297 g/mol. The highest BCUT2D eigenvalue weighted by molar-refractivity contribution is 5.81. The van der Waals surface area contributed by atoms with Gasteiger partial charge in [-0.15, -0.1) is 0 Å². The zero-order valence-corrected chi connectivity index (χ0v) is 13.6. The lowest BCUT2D eigenvalue weighted by Crippen LogP contribution is -2.49. The highest BCUT2D eigenvalue weighted by Crippen LogP contribution is 2.21. The lowest BCUT2D eigenvalue weighted by atomic mass is 9.93. The van der Waals surface area contributed by atoms with E-state index in [9.17, 15) is 4.79 Å². The van der Waals surface area contributed by atoms with Crippen LogP contribution < -0.4 is 10.6 Å². The summed E-state index contributed by atoms with van der Waals surface area (Å²) in [6.45, 7) is 6.73. The second-order valence-electron chi connectivity index (χ2n) is 6.43. The number of amides is 1. The molecule has 122 valence electrons. The Morgan fingerprint density at radius 2 is 2.10 bits per heavy atom. The van der Waals surface area contributed by atoms with Gasteiger partial charge in [-0.05, 0) is 71.6 Å². The number of likely N-dealkylation sites (tertiary alicyclic amines) is 1. The number of ether oxygens (including phenoxy) is 1. The van der Waals surface area contributed by atoms with Crippen LogP contribution >= 0.6 is 0 Å². The number of nitrogens with one attached hydrogen (secondary N) is 2. The molecule has 0 aromatic rings. The summed E-state index contributed by atoms with van der Waals surface area (Å²) >= 11 is 0. The molecule has 21 heavy (non-hydrogen) atoms. The number of rotatable bonds is 7. The van der Waals surface area contributed by atoms with Gasteiger partial charge < -0.3 is 15.4 Å². The third-order valence-corrected chi connectivity index (χ3v) is 4.91. The van der Waals surface area contributed by atoms with Crippen LogP contribution in [0.25, 0.3) is 0 Å². The van der Waals surface area contributed by atoms with E-state index in [1.165, 1.54) is 19.3 Å². The van der Waals surface area contributed by atoms with Gasteiger partial charge in [-0.1, -0.05) is 0 Å². The van der Waals surface area contributed by atoms with Gasteiger partial charge in [0.25, 0.3) is 0 Å². The lowest BCUT2D eigenvalue weighted by molar-refractivity contribution is -0.127. The van der Waals surface area contributed by atoms with Crippen molar-refractivity contribution in [1.29, 1.82) is 0 Å². The summed E-state index contributed by atoms with van der Waals surface area (Å²) in [6.07, 6.45) is 6.11. The van der Waals surface area contributed by atoms with E-state index in [2.05, 4.69) is 15.5 Å². The number of carbonyl (C=O) groups is 1. The SMILES string of the molecule is CNCCC1CCN(C(C)C(=O)NCC2CCCO2)CC1. The fraction of sp³-hybridized carbons (Fsp3) is 0.938. The standard InChI is InChI=1S/C16H31N3O2/c1-13(16(20)18-12-15-4-3-11-21-15)19-9-6-14(7-10-19)5-8-17-2/h13-15,17H,3-12H2,1-2H3,(H,18,20). The summed E-state index contributed by atoms with van der Waals surface area (Å²) in [5.41, 5.74) is 0. The first-order chi connectivity index (χ1) is 10.2. The van der Waals surface area contributed by atoms with E-state index in [4.69, 9.17) is 4.74 Å². The predicted molar refractivity (Wildman–Crippen MR) is 84.3 cm³/mol. The van der Waals surface area contributed by atoms with Gasteiger partial charge in [0.1, 0.15) is 0 Å². The molecule has 5 nitrogen and oxygen atoms in total. The number of hydrogen-bond acceptors (Lipinski definition) is 4. The molecule has 0 aliphatic carbocycles. The van der Waals surface area contributed by atoms with E-state index in [1.807, 2.05) is 14.0 Å². The van der Waals surface area contributed by atoms with E-state index in [-0.39, 0.29) is 18.1 Å². The van der Waals surface area contributed by atoms with E-state index in [0.717, 1.165) is 45.0 Å². The highest BCUT2D eigenvalue weighted by atomic mass is 16.5. The van der Waals surface area contributed by atoms with Gasteiger partial charge in [-0.2, -0.15) is 0 Å². The zero-order valence-electron chi connectivity index (χ0n) is 13.6. The zero-order chi connectivity index (χ0) is 15.1. The second kappa shape index (κ2) is 8.71. The fourth-order valence-corrected chi connectivity index (χ4v) is 3.31. The van der Waals surface area contributed by atoms with Gasteiger partial charge in [-0.25, -0.2) is 0 Å². The summed E-state index contributed by atoms with van der Waals surface area (Å²) in [7, 11) is 2.01. The van der Waals surface area contributed by atoms with Crippen LogP contribution in [0.3, 0.4) is 0 Å². The number of piperidine rings is 1. The topological polar surface area (TPSA) is 53.6 Å². The molecule has 2 N–H and O–H groups in total. The summed E-state index contributed by atoms with van der Waals surface area (Å²) in [6, 6.07) is -0.0170. The summed E-state index contributed by atoms with van der Waals surface area (Å²) in [4.78, 5) is 14.6. The van der Waals surface area contributed by atoms with Gasteiger partial charge in [0.2, 0.25) is 5.91 Å². The third-order valence-electron chi connectivity index (χ3n) is 4.91. The molecule has 5 heteroatoms. The maximum atomic E-state index is 12.2. The minimum absolute atomic E-state index is 0.0170. The minimum Gasteiger partial charge on any atom is -0.376 e. The molecule has 2 aliphatic heterocycles. The molecule has 2 unspecified atom stereocenters. The first-order valence-corrected chi connectivity index (χ1v) is 8.48. The van der Waals surface area contributed by atoms with Crippen molar-refractivity contribution in [1.82, 2.24) is 15.5 Å². The first kappa shape index (κ1) is 16.7. The Morgan fingerprint density at radius 1 is 1.33 bits per heavy atom. The molecular formula is C16H31N3O2. The molecule has 0 radical (unpaired) electrons. The smallest absolute Gasteiger partial charge is 0.237 e. The van der Waals surface area contributed by atoms with Gasteiger partial charge in [0.15, 0.2) is 0 Å². The van der Waals surface area contributed by atoms with Crippen LogP contribution in [-0.2, 0) is 9.53 Å². The molecule has 2 heterocycles. The molecule has 0 aromatic carbocycles. The second-order valence-corrected chi connectivity index (χ2v) is 6.43. The molecule has 2 atom stereocenters. The van der Waals surface area contributed by atoms with Crippen LogP contribution in [0.5, 0.6) is 0 Å². The number of carbonyl (C=O) groups excluding carboxylic acids is 1. The molecule has 0 aromatic heterocycles. The van der Waals surface area contributed by atoms with E-state index >= 15 is 0 Å². The van der Waals surface area contributed by atoms with Crippen molar-refractivity contribution in [2.75, 3.05) is 39.8 Å². The van der Waals surface area contributed by atoms with Crippen molar-refractivity contribution in [3.05, 3.63) is 0 Å². The Bertz CT molecular complexity index is 311. The van der Waals surface area contributed by atoms with Crippen LogP contribution in [0.15, 0.2) is 0 Å². The van der Waals surface area contributed by atoms with Crippen LogP contribution in [0.1, 0.15) is 39.0 Å². The molecule has 2 fully saturated rings. The molecule has 0 spiro atoms. The Labute approximate surface area is 128 Å². The Morgan fingerprint density at radius 3 is 2.71 bits per heavy atom. The average molecular weight is 297 g/mol. The van der Waals surface area contributed by atoms with Crippen LogP contribution in [0, 0.1) is 5.92 Å². The van der Waals surface area contributed by atoms with Crippen molar-refractivity contribution in [2.24, 2.45) is 5.92 Å². The summed E-state index contributed by atoms with van der Waals surface area (Å²) in [5.74, 6) is 0.968. The average Bonchev–Trinajstić information content (AvgIpc) is 3.04. The maximum Gasteiger partial charge on any atom is 0.237 e. The maximum absolute atomic E-state index is 12.2. The van der Waals surface area contributed by atoms with Crippen molar-refractivity contribution < 1.29 is 9.53 Å².